The van der Waals surface area contributed by atoms with Crippen molar-refractivity contribution >= 4 is 5.78 Å². The van der Waals surface area contributed by atoms with Crippen molar-refractivity contribution < 1.29 is 9.84 Å². The van der Waals surface area contributed by atoms with E-state index >= 15 is 0 Å². The molecule has 0 spiro atoms. The molecule has 0 radical (unpaired) electrons. The number of nitrogens with zero attached hydrogens (tertiary/aromatic N) is 5. The Kier molecular flexibility index (Phi) is 7.15. The summed E-state index contributed by atoms with van der Waals surface area (Å²) in [7, 11) is 0. The van der Waals surface area contributed by atoms with E-state index in [0.29, 0.717) is 30.6 Å². The first-order valence-corrected chi connectivity index (χ1v) is 13.2. The molecule has 0 saturated heterocycles. The van der Waals surface area contributed by atoms with Crippen molar-refractivity contribution in [3.63, 3.8) is 0 Å². The Balaban J connectivity index is 1.46. The molecule has 2 aromatic carbocycles. The highest BCUT2D eigenvalue weighted by Crippen LogP contribution is 2.35. The van der Waals surface area contributed by atoms with E-state index in [4.69, 9.17) is 4.74 Å². The first-order chi connectivity index (χ1) is 18.3. The topological polar surface area (TPSA) is 105 Å². The van der Waals surface area contributed by atoms with E-state index in [1.54, 1.807) is 18.4 Å². The van der Waals surface area contributed by atoms with Gasteiger partial charge < -0.3 is 9.84 Å². The summed E-state index contributed by atoms with van der Waals surface area (Å²) in [5.41, 5.74) is 4.23. The predicted octanol–water partition coefficient (Wildman–Crippen LogP) is 4.46. The van der Waals surface area contributed by atoms with Crippen LogP contribution >= 0.6 is 0 Å². The summed E-state index contributed by atoms with van der Waals surface area (Å²) >= 11 is 0. The Hall–Kier alpha value is -3.80. The molecule has 1 saturated carbocycles. The molecule has 38 heavy (non-hydrogen) atoms. The Bertz CT molecular complexity index is 1530. The van der Waals surface area contributed by atoms with Crippen molar-refractivity contribution in [3.8, 4) is 17.2 Å². The van der Waals surface area contributed by atoms with Gasteiger partial charge in [-0.05, 0) is 55.9 Å². The molecule has 8 nitrogen and oxygen atoms in total. The van der Waals surface area contributed by atoms with E-state index in [1.165, 1.54) is 6.33 Å². The molecular weight excluding hydrogens is 478 g/mol. The summed E-state index contributed by atoms with van der Waals surface area (Å²) in [6.07, 6.45) is 4.98. The van der Waals surface area contributed by atoms with Crippen LogP contribution in [0.1, 0.15) is 68.5 Å². The molecule has 0 atom stereocenters. The van der Waals surface area contributed by atoms with Crippen molar-refractivity contribution in [2.45, 2.75) is 70.6 Å². The maximum absolute atomic E-state index is 14.0. The molecule has 0 unspecified atom stereocenters. The van der Waals surface area contributed by atoms with Crippen LogP contribution in [-0.4, -0.2) is 42.6 Å². The molecule has 8 heteroatoms. The second-order valence-corrected chi connectivity index (χ2v) is 10.7. The summed E-state index contributed by atoms with van der Waals surface area (Å²) in [4.78, 5) is 18.4. The maximum atomic E-state index is 14.0. The number of nitriles is 1. The summed E-state index contributed by atoms with van der Waals surface area (Å²) in [5.74, 6) is 0.566. The SMILES string of the molecule is CCCc1c(Cc2ccc(-c3ccccc3C#N)cc2)c(=O)n(C2CC(OCC(C)(C)O)C2)c2ncnn12. The van der Waals surface area contributed by atoms with Crippen LogP contribution in [0.5, 0.6) is 0 Å². The van der Waals surface area contributed by atoms with Gasteiger partial charge in [0, 0.05) is 18.0 Å². The zero-order valence-electron chi connectivity index (χ0n) is 22.1. The third kappa shape index (κ3) is 5.13. The molecule has 1 fully saturated rings. The number of benzene rings is 2. The van der Waals surface area contributed by atoms with Gasteiger partial charge in [-0.25, -0.2) is 4.52 Å². The maximum Gasteiger partial charge on any atom is 0.259 e. The minimum atomic E-state index is -0.886. The summed E-state index contributed by atoms with van der Waals surface area (Å²) < 4.78 is 9.45. The largest absolute Gasteiger partial charge is 0.388 e. The minimum absolute atomic E-state index is 0.00361. The lowest BCUT2D eigenvalue weighted by atomic mass is 9.88. The van der Waals surface area contributed by atoms with Crippen molar-refractivity contribution in [2.24, 2.45) is 0 Å². The zero-order chi connectivity index (χ0) is 26.9. The normalized spacial score (nSPS) is 17.3. The molecule has 196 valence electrons. The summed E-state index contributed by atoms with van der Waals surface area (Å²) in [6, 6.07) is 17.8. The van der Waals surface area contributed by atoms with Gasteiger partial charge in [-0.1, -0.05) is 55.8 Å². The van der Waals surface area contributed by atoms with Gasteiger partial charge in [-0.15, -0.1) is 0 Å². The third-order valence-corrected chi connectivity index (χ3v) is 7.11. The highest BCUT2D eigenvalue weighted by Gasteiger charge is 2.35. The van der Waals surface area contributed by atoms with E-state index < -0.39 is 5.60 Å². The molecule has 0 aliphatic heterocycles. The molecule has 0 bridgehead atoms. The lowest BCUT2D eigenvalue weighted by molar-refractivity contribution is -0.0894. The third-order valence-electron chi connectivity index (χ3n) is 7.11. The van der Waals surface area contributed by atoms with Gasteiger partial charge in [0.2, 0.25) is 5.78 Å². The van der Waals surface area contributed by atoms with Crippen LogP contribution in [0.15, 0.2) is 59.7 Å². The zero-order valence-corrected chi connectivity index (χ0v) is 22.1. The van der Waals surface area contributed by atoms with E-state index in [-0.39, 0.29) is 24.3 Å². The molecule has 1 N–H and O–H groups in total. The molecular formula is C30H33N5O3. The van der Waals surface area contributed by atoms with Crippen LogP contribution in [0.4, 0.5) is 0 Å². The Morgan fingerprint density at radius 1 is 1.16 bits per heavy atom. The molecule has 4 aromatic rings. The monoisotopic (exact) mass is 511 g/mol. The van der Waals surface area contributed by atoms with E-state index in [2.05, 4.69) is 23.1 Å². The van der Waals surface area contributed by atoms with Crippen molar-refractivity contribution in [1.82, 2.24) is 19.2 Å². The number of aromatic nitrogens is 4. The number of hydrogen-bond acceptors (Lipinski definition) is 6. The smallest absolute Gasteiger partial charge is 0.259 e. The Morgan fingerprint density at radius 3 is 2.58 bits per heavy atom. The number of ether oxygens (including phenoxy) is 1. The lowest BCUT2D eigenvalue weighted by Crippen LogP contribution is -2.42. The lowest BCUT2D eigenvalue weighted by Gasteiger charge is -2.37. The predicted molar refractivity (Wildman–Crippen MR) is 145 cm³/mol. The average molecular weight is 512 g/mol. The quantitative estimate of drug-likeness (QED) is 0.356. The highest BCUT2D eigenvalue weighted by molar-refractivity contribution is 5.70. The highest BCUT2D eigenvalue weighted by atomic mass is 16.5. The van der Waals surface area contributed by atoms with Gasteiger partial charge in [0.15, 0.2) is 0 Å². The second kappa shape index (κ2) is 10.5. The molecule has 2 aromatic heterocycles. The molecule has 1 aliphatic rings. The van der Waals surface area contributed by atoms with Crippen molar-refractivity contribution in [2.75, 3.05) is 6.61 Å². The fraction of sp³-hybridized carbons (Fsp3) is 0.400. The van der Waals surface area contributed by atoms with Crippen molar-refractivity contribution in [3.05, 3.63) is 87.6 Å². The van der Waals surface area contributed by atoms with Gasteiger partial charge in [0.05, 0.1) is 35.6 Å². The molecule has 0 amide bonds. The van der Waals surface area contributed by atoms with Gasteiger partial charge in [-0.2, -0.15) is 15.3 Å². The number of aryl methyl sites for hydroxylation is 1. The first kappa shape index (κ1) is 25.8. The van der Waals surface area contributed by atoms with Crippen molar-refractivity contribution in [1.29, 1.82) is 5.26 Å². The van der Waals surface area contributed by atoms with E-state index in [9.17, 15) is 15.2 Å². The van der Waals surface area contributed by atoms with Crippen LogP contribution in [0.25, 0.3) is 16.9 Å². The van der Waals surface area contributed by atoms with Crippen LogP contribution in [0.3, 0.4) is 0 Å². The van der Waals surface area contributed by atoms with Crippen LogP contribution in [0.2, 0.25) is 0 Å². The summed E-state index contributed by atoms with van der Waals surface area (Å²) in [5, 5.41) is 23.9. The van der Waals surface area contributed by atoms with Gasteiger partial charge in [0.25, 0.3) is 5.56 Å². The van der Waals surface area contributed by atoms with Crippen LogP contribution < -0.4 is 5.56 Å². The van der Waals surface area contributed by atoms with E-state index in [1.807, 2.05) is 53.0 Å². The fourth-order valence-electron chi connectivity index (χ4n) is 5.12. The fourth-order valence-corrected chi connectivity index (χ4v) is 5.12. The van der Waals surface area contributed by atoms with Gasteiger partial charge in [-0.3, -0.25) is 9.36 Å². The van der Waals surface area contributed by atoms with Crippen LogP contribution in [-0.2, 0) is 17.6 Å². The molecule has 2 heterocycles. The number of hydrogen-bond donors (Lipinski definition) is 1. The Morgan fingerprint density at radius 2 is 1.89 bits per heavy atom. The molecule has 1 aliphatic carbocycles. The number of rotatable bonds is 9. The summed E-state index contributed by atoms with van der Waals surface area (Å²) in [6.45, 7) is 5.80. The standard InChI is InChI=1S/C30H33N5O3/c1-4-7-27-26(14-20-10-12-21(13-11-20)25-9-6-5-8-22(25)17-31)28(36)34(29-32-19-33-35(27)29)23-15-24(16-23)38-18-30(2,3)37/h5-6,8-13,19,23-24,37H,4,7,14-16,18H2,1-3H3. The van der Waals surface area contributed by atoms with E-state index in [0.717, 1.165) is 40.8 Å². The number of fused-ring (bicyclic) bond motifs is 1. The second-order valence-electron chi connectivity index (χ2n) is 10.7. The van der Waals surface area contributed by atoms with Gasteiger partial charge >= 0.3 is 0 Å². The average Bonchev–Trinajstić information content (AvgIpc) is 3.36. The number of aliphatic hydroxyl groups is 1. The molecule has 5 rings (SSSR count). The Labute approximate surface area is 222 Å². The van der Waals surface area contributed by atoms with Crippen LogP contribution in [0, 0.1) is 11.3 Å². The minimum Gasteiger partial charge on any atom is -0.388 e. The van der Waals surface area contributed by atoms with Gasteiger partial charge in [0.1, 0.15) is 6.33 Å². The first-order valence-electron chi connectivity index (χ1n) is 13.2.